The van der Waals surface area contributed by atoms with Crippen molar-refractivity contribution in [2.24, 2.45) is 7.05 Å². The highest BCUT2D eigenvalue weighted by Crippen LogP contribution is 2.30. The molecule has 0 amide bonds. The van der Waals surface area contributed by atoms with Gasteiger partial charge >= 0.3 is 0 Å². The minimum atomic E-state index is 0.702. The zero-order chi connectivity index (χ0) is 16.2. The zero-order valence-corrected chi connectivity index (χ0v) is 14.7. The molecule has 2 heterocycles. The molecule has 1 aliphatic heterocycles. The van der Waals surface area contributed by atoms with E-state index in [1.54, 1.807) is 18.9 Å². The summed E-state index contributed by atoms with van der Waals surface area (Å²) in [6.45, 7) is 3.15. The molecule has 6 nitrogen and oxygen atoms in total. The third-order valence-electron chi connectivity index (χ3n) is 3.71. The Labute approximate surface area is 144 Å². The maximum atomic E-state index is 6.08. The number of hydrogen-bond acceptors (Lipinski definition) is 6. The van der Waals surface area contributed by atoms with Crippen molar-refractivity contribution in [1.82, 2.24) is 14.8 Å². The molecule has 2 aromatic rings. The van der Waals surface area contributed by atoms with Crippen molar-refractivity contribution in [3.8, 4) is 5.75 Å². The SMILES string of the molecule is COc1ccc(Cl)cc1CSc1nnc(N2CCOCC2)n1C. The van der Waals surface area contributed by atoms with E-state index in [-0.39, 0.29) is 0 Å². The van der Waals surface area contributed by atoms with Crippen LogP contribution in [0.1, 0.15) is 5.56 Å². The van der Waals surface area contributed by atoms with E-state index in [2.05, 4.69) is 15.1 Å². The quantitative estimate of drug-likeness (QED) is 0.769. The summed E-state index contributed by atoms with van der Waals surface area (Å²) in [5, 5.41) is 10.2. The molecule has 23 heavy (non-hydrogen) atoms. The van der Waals surface area contributed by atoms with Crippen LogP contribution in [0.15, 0.2) is 23.4 Å². The van der Waals surface area contributed by atoms with Crippen molar-refractivity contribution >= 4 is 29.3 Å². The summed E-state index contributed by atoms with van der Waals surface area (Å²) in [4.78, 5) is 2.19. The number of nitrogens with zero attached hydrogens (tertiary/aromatic N) is 4. The van der Waals surface area contributed by atoms with Crippen LogP contribution in [0.2, 0.25) is 5.02 Å². The summed E-state index contributed by atoms with van der Waals surface area (Å²) in [5.41, 5.74) is 1.04. The van der Waals surface area contributed by atoms with Crippen molar-refractivity contribution in [1.29, 1.82) is 0 Å². The topological polar surface area (TPSA) is 52.4 Å². The molecule has 1 aromatic carbocycles. The monoisotopic (exact) mass is 354 g/mol. The molecule has 1 aliphatic rings. The van der Waals surface area contributed by atoms with E-state index in [4.69, 9.17) is 21.1 Å². The Morgan fingerprint density at radius 3 is 2.83 bits per heavy atom. The van der Waals surface area contributed by atoms with Crippen molar-refractivity contribution in [2.75, 3.05) is 38.3 Å². The van der Waals surface area contributed by atoms with Crippen LogP contribution in [0.4, 0.5) is 5.95 Å². The van der Waals surface area contributed by atoms with E-state index in [9.17, 15) is 0 Å². The second-order valence-corrected chi connectivity index (χ2v) is 6.56. The number of hydrogen-bond donors (Lipinski definition) is 0. The van der Waals surface area contributed by atoms with Crippen LogP contribution in [-0.2, 0) is 17.5 Å². The maximum absolute atomic E-state index is 6.08. The molecule has 0 unspecified atom stereocenters. The van der Waals surface area contributed by atoms with Gasteiger partial charge in [-0.1, -0.05) is 23.4 Å². The van der Waals surface area contributed by atoms with Crippen molar-refractivity contribution in [2.45, 2.75) is 10.9 Å². The van der Waals surface area contributed by atoms with E-state index in [0.29, 0.717) is 5.02 Å². The van der Waals surface area contributed by atoms with Gasteiger partial charge < -0.3 is 14.4 Å². The van der Waals surface area contributed by atoms with Gasteiger partial charge in [-0.25, -0.2) is 0 Å². The fraction of sp³-hybridized carbons (Fsp3) is 0.467. The summed E-state index contributed by atoms with van der Waals surface area (Å²) in [5.74, 6) is 2.44. The van der Waals surface area contributed by atoms with E-state index in [0.717, 1.165) is 54.5 Å². The molecule has 0 saturated carbocycles. The summed E-state index contributed by atoms with van der Waals surface area (Å²) in [7, 11) is 3.65. The number of thioether (sulfide) groups is 1. The van der Waals surface area contributed by atoms with Gasteiger partial charge in [-0.3, -0.25) is 4.57 Å². The fourth-order valence-corrected chi connectivity index (χ4v) is 3.55. The Balaban J connectivity index is 1.71. The Bertz CT molecular complexity index is 673. The van der Waals surface area contributed by atoms with Crippen molar-refractivity contribution in [3.63, 3.8) is 0 Å². The summed E-state index contributed by atoms with van der Waals surface area (Å²) in [6, 6.07) is 5.63. The van der Waals surface area contributed by atoms with Crippen LogP contribution in [-0.4, -0.2) is 48.2 Å². The minimum Gasteiger partial charge on any atom is -0.496 e. The molecule has 1 saturated heterocycles. The molecule has 0 aliphatic carbocycles. The Morgan fingerprint density at radius 2 is 2.09 bits per heavy atom. The largest absolute Gasteiger partial charge is 0.496 e. The molecular weight excluding hydrogens is 336 g/mol. The Hall–Kier alpha value is -1.44. The Morgan fingerprint density at radius 1 is 1.30 bits per heavy atom. The standard InChI is InChI=1S/C15H19ClN4O2S/c1-19-14(20-5-7-22-8-6-20)17-18-15(19)23-10-11-9-12(16)3-4-13(11)21-2/h3-4,9H,5-8,10H2,1-2H3. The first-order valence-electron chi connectivity index (χ1n) is 7.36. The molecule has 0 atom stereocenters. The first kappa shape index (κ1) is 16.4. The molecule has 3 rings (SSSR count). The number of anilines is 1. The molecular formula is C15H19ClN4O2S. The number of methoxy groups -OCH3 is 1. The van der Waals surface area contributed by atoms with Crippen LogP contribution in [0, 0.1) is 0 Å². The van der Waals surface area contributed by atoms with Crippen LogP contribution in [0.25, 0.3) is 0 Å². The highest BCUT2D eigenvalue weighted by Gasteiger charge is 2.18. The van der Waals surface area contributed by atoms with Crippen LogP contribution >= 0.6 is 23.4 Å². The average Bonchev–Trinajstić information content (AvgIpc) is 2.94. The van der Waals surface area contributed by atoms with Gasteiger partial charge in [-0.05, 0) is 18.2 Å². The highest BCUT2D eigenvalue weighted by atomic mass is 35.5. The second kappa shape index (κ2) is 7.42. The van der Waals surface area contributed by atoms with Gasteiger partial charge in [0.2, 0.25) is 5.95 Å². The second-order valence-electron chi connectivity index (χ2n) is 5.19. The summed E-state index contributed by atoms with van der Waals surface area (Å²) < 4.78 is 12.8. The number of benzene rings is 1. The normalized spacial score (nSPS) is 15.0. The first-order valence-corrected chi connectivity index (χ1v) is 8.72. The first-order chi connectivity index (χ1) is 11.2. The van der Waals surface area contributed by atoms with Gasteiger partial charge in [0.1, 0.15) is 5.75 Å². The number of aromatic nitrogens is 3. The molecule has 0 N–H and O–H groups in total. The molecule has 1 aromatic heterocycles. The van der Waals surface area contributed by atoms with Crippen molar-refractivity contribution < 1.29 is 9.47 Å². The van der Waals surface area contributed by atoms with Crippen LogP contribution in [0.5, 0.6) is 5.75 Å². The van der Waals surface area contributed by atoms with Gasteiger partial charge in [-0.2, -0.15) is 0 Å². The summed E-state index contributed by atoms with van der Waals surface area (Å²) >= 11 is 7.69. The number of morpholine rings is 1. The number of rotatable bonds is 5. The molecule has 0 bridgehead atoms. The predicted molar refractivity (Wildman–Crippen MR) is 91.6 cm³/mol. The van der Waals surface area contributed by atoms with E-state index >= 15 is 0 Å². The van der Waals surface area contributed by atoms with E-state index in [1.165, 1.54) is 0 Å². The Kier molecular flexibility index (Phi) is 5.30. The van der Waals surface area contributed by atoms with Gasteiger partial charge in [0.25, 0.3) is 0 Å². The smallest absolute Gasteiger partial charge is 0.227 e. The number of halogens is 1. The lowest BCUT2D eigenvalue weighted by atomic mass is 10.2. The van der Waals surface area contributed by atoms with E-state index < -0.39 is 0 Å². The third kappa shape index (κ3) is 3.73. The lowest BCUT2D eigenvalue weighted by Gasteiger charge is -2.27. The lowest BCUT2D eigenvalue weighted by Crippen LogP contribution is -2.37. The van der Waals surface area contributed by atoms with Crippen LogP contribution in [0.3, 0.4) is 0 Å². The van der Waals surface area contributed by atoms with E-state index in [1.807, 2.05) is 29.8 Å². The van der Waals surface area contributed by atoms with Gasteiger partial charge in [0, 0.05) is 36.5 Å². The zero-order valence-electron chi connectivity index (χ0n) is 13.2. The highest BCUT2D eigenvalue weighted by molar-refractivity contribution is 7.98. The van der Waals surface area contributed by atoms with Crippen LogP contribution < -0.4 is 9.64 Å². The summed E-state index contributed by atoms with van der Waals surface area (Å²) in [6.07, 6.45) is 0. The maximum Gasteiger partial charge on any atom is 0.227 e. The average molecular weight is 355 g/mol. The van der Waals surface area contributed by atoms with Gasteiger partial charge in [0.15, 0.2) is 5.16 Å². The molecule has 0 radical (unpaired) electrons. The number of ether oxygens (including phenoxy) is 2. The molecule has 124 valence electrons. The fourth-order valence-electron chi connectivity index (χ4n) is 2.47. The van der Waals surface area contributed by atoms with Gasteiger partial charge in [0.05, 0.1) is 20.3 Å². The van der Waals surface area contributed by atoms with Gasteiger partial charge in [-0.15, -0.1) is 10.2 Å². The third-order valence-corrected chi connectivity index (χ3v) is 5.01. The molecule has 0 spiro atoms. The molecule has 1 fully saturated rings. The predicted octanol–water partition coefficient (Wildman–Crippen LogP) is 2.61. The minimum absolute atomic E-state index is 0.702. The molecule has 8 heteroatoms. The lowest BCUT2D eigenvalue weighted by molar-refractivity contribution is 0.121. The van der Waals surface area contributed by atoms with Crippen molar-refractivity contribution in [3.05, 3.63) is 28.8 Å².